The Kier molecular flexibility index (Phi) is 3.79. The van der Waals surface area contributed by atoms with E-state index in [0.29, 0.717) is 6.54 Å². The smallest absolute Gasteiger partial charge is 0.329 e. The van der Waals surface area contributed by atoms with Crippen LogP contribution in [-0.2, 0) is 0 Å². The van der Waals surface area contributed by atoms with Crippen molar-refractivity contribution in [2.45, 2.75) is 32.6 Å². The number of nitrogens with zero attached hydrogens (tertiary/aromatic N) is 3. The number of hydrogen-bond acceptors (Lipinski definition) is 7. The first kappa shape index (κ1) is 13.5. The number of nitro groups is 1. The van der Waals surface area contributed by atoms with Crippen LogP contribution in [0.25, 0.3) is 0 Å². The lowest BCUT2D eigenvalue weighted by molar-refractivity contribution is -0.384. The highest BCUT2D eigenvalue weighted by Gasteiger charge is 2.29. The van der Waals surface area contributed by atoms with Crippen molar-refractivity contribution in [3.63, 3.8) is 0 Å². The van der Waals surface area contributed by atoms with Crippen LogP contribution in [0.5, 0.6) is 0 Å². The molecule has 0 amide bonds. The quantitative estimate of drug-likeness (QED) is 0.421. The molecule has 8 heteroatoms. The molecule has 1 aliphatic rings. The van der Waals surface area contributed by atoms with E-state index in [4.69, 9.17) is 5.84 Å². The summed E-state index contributed by atoms with van der Waals surface area (Å²) in [6, 6.07) is 0. The summed E-state index contributed by atoms with van der Waals surface area (Å²) in [6.45, 7) is 2.84. The summed E-state index contributed by atoms with van der Waals surface area (Å²) >= 11 is 0. The average Bonchev–Trinajstić information content (AvgIpc) is 2.83. The molecule has 8 nitrogen and oxygen atoms in total. The zero-order valence-electron chi connectivity index (χ0n) is 10.8. The third kappa shape index (κ3) is 3.08. The normalized spacial score (nSPS) is 17.2. The lowest BCUT2D eigenvalue weighted by atomic mass is 9.89. The van der Waals surface area contributed by atoms with Crippen molar-refractivity contribution in [2.75, 3.05) is 17.3 Å². The molecule has 19 heavy (non-hydrogen) atoms. The molecule has 4 N–H and O–H groups in total. The Morgan fingerprint density at radius 1 is 1.53 bits per heavy atom. The minimum Gasteiger partial charge on any atom is -0.364 e. The number of hydrogen-bond donors (Lipinski definition) is 3. The minimum absolute atomic E-state index is 0.138. The summed E-state index contributed by atoms with van der Waals surface area (Å²) in [5, 5.41) is 14.0. The topological polar surface area (TPSA) is 119 Å². The first-order valence-corrected chi connectivity index (χ1v) is 6.26. The van der Waals surface area contributed by atoms with Gasteiger partial charge in [-0.25, -0.2) is 10.8 Å². The van der Waals surface area contributed by atoms with Gasteiger partial charge in [-0.3, -0.25) is 15.5 Å². The summed E-state index contributed by atoms with van der Waals surface area (Å²) in [4.78, 5) is 18.2. The molecule has 0 spiro atoms. The van der Waals surface area contributed by atoms with Gasteiger partial charge in [-0.1, -0.05) is 19.8 Å². The van der Waals surface area contributed by atoms with Gasteiger partial charge in [0.1, 0.15) is 6.20 Å². The molecule has 0 atom stereocenters. The van der Waals surface area contributed by atoms with Crippen LogP contribution in [0.4, 0.5) is 17.5 Å². The minimum atomic E-state index is -0.500. The molecule has 0 aromatic carbocycles. The summed E-state index contributed by atoms with van der Waals surface area (Å²) in [5.74, 6) is 5.58. The monoisotopic (exact) mass is 266 g/mol. The predicted molar refractivity (Wildman–Crippen MR) is 71.6 cm³/mol. The first-order valence-electron chi connectivity index (χ1n) is 6.26. The van der Waals surface area contributed by atoms with E-state index in [1.54, 1.807) is 0 Å². The van der Waals surface area contributed by atoms with E-state index in [0.717, 1.165) is 19.0 Å². The molecule has 2 rings (SSSR count). The summed E-state index contributed by atoms with van der Waals surface area (Å²) in [7, 11) is 0. The van der Waals surface area contributed by atoms with Gasteiger partial charge in [-0.15, -0.1) is 0 Å². The zero-order valence-corrected chi connectivity index (χ0v) is 10.8. The lowest BCUT2D eigenvalue weighted by Gasteiger charge is -2.23. The Morgan fingerprint density at radius 2 is 2.21 bits per heavy atom. The van der Waals surface area contributed by atoms with E-state index in [2.05, 4.69) is 27.6 Å². The fourth-order valence-corrected chi connectivity index (χ4v) is 2.41. The van der Waals surface area contributed by atoms with Crippen LogP contribution in [0, 0.1) is 15.5 Å². The van der Waals surface area contributed by atoms with Crippen molar-refractivity contribution in [2.24, 2.45) is 11.3 Å². The fourth-order valence-electron chi connectivity index (χ4n) is 2.41. The maximum atomic E-state index is 10.9. The summed E-state index contributed by atoms with van der Waals surface area (Å²) < 4.78 is 0. The first-order chi connectivity index (χ1) is 9.04. The second kappa shape index (κ2) is 5.35. The van der Waals surface area contributed by atoms with Gasteiger partial charge in [0.2, 0.25) is 11.8 Å². The number of anilines is 2. The van der Waals surface area contributed by atoms with Crippen LogP contribution in [0.15, 0.2) is 6.20 Å². The van der Waals surface area contributed by atoms with Crippen LogP contribution >= 0.6 is 0 Å². The van der Waals surface area contributed by atoms with Gasteiger partial charge in [0.05, 0.1) is 4.92 Å². The number of nitrogens with two attached hydrogens (primary N) is 1. The molecule has 0 radical (unpaired) electrons. The fraction of sp³-hybridized carbons (Fsp3) is 0.636. The summed E-state index contributed by atoms with van der Waals surface area (Å²) in [6.07, 6.45) is 5.82. The maximum Gasteiger partial charge on any atom is 0.329 e. The molecule has 0 aliphatic heterocycles. The summed E-state index contributed by atoms with van der Waals surface area (Å²) in [5.41, 5.74) is 2.32. The molecule has 0 unspecified atom stereocenters. The second-order valence-corrected chi connectivity index (χ2v) is 5.20. The Hall–Kier alpha value is -1.96. The van der Waals surface area contributed by atoms with E-state index in [1.807, 2.05) is 0 Å². The molecule has 104 valence electrons. The van der Waals surface area contributed by atoms with E-state index in [-0.39, 0.29) is 22.9 Å². The highest BCUT2D eigenvalue weighted by atomic mass is 16.6. The third-order valence-electron chi connectivity index (χ3n) is 3.59. The average molecular weight is 266 g/mol. The molecule has 1 aromatic heterocycles. The highest BCUT2D eigenvalue weighted by Crippen LogP contribution is 2.37. The number of nitrogens with one attached hydrogen (secondary N) is 2. The van der Waals surface area contributed by atoms with Gasteiger partial charge in [0.15, 0.2) is 0 Å². The van der Waals surface area contributed by atoms with Gasteiger partial charge in [-0.05, 0) is 18.3 Å². The van der Waals surface area contributed by atoms with E-state index in [9.17, 15) is 10.1 Å². The van der Waals surface area contributed by atoms with Gasteiger partial charge >= 0.3 is 5.69 Å². The molecule has 1 aromatic rings. The second-order valence-electron chi connectivity index (χ2n) is 5.20. The predicted octanol–water partition coefficient (Wildman–Crippen LogP) is 1.66. The van der Waals surface area contributed by atoms with Gasteiger partial charge in [0, 0.05) is 6.54 Å². The Morgan fingerprint density at radius 3 is 2.79 bits per heavy atom. The lowest BCUT2D eigenvalue weighted by Crippen LogP contribution is -2.24. The van der Waals surface area contributed by atoms with Crippen LogP contribution in [0.3, 0.4) is 0 Å². The molecule has 0 bridgehead atoms. The Balaban J connectivity index is 2.15. The van der Waals surface area contributed by atoms with E-state index < -0.39 is 4.92 Å². The number of nitrogen functional groups attached to an aromatic ring is 1. The Labute approximate surface area is 110 Å². The molecule has 1 aliphatic carbocycles. The largest absolute Gasteiger partial charge is 0.364 e. The van der Waals surface area contributed by atoms with Crippen LogP contribution < -0.4 is 16.6 Å². The van der Waals surface area contributed by atoms with Crippen LogP contribution in [0.2, 0.25) is 0 Å². The van der Waals surface area contributed by atoms with Gasteiger partial charge < -0.3 is 5.32 Å². The molecule has 0 saturated heterocycles. The maximum absolute atomic E-state index is 10.9. The van der Waals surface area contributed by atoms with Crippen molar-refractivity contribution < 1.29 is 4.92 Å². The van der Waals surface area contributed by atoms with Crippen molar-refractivity contribution in [3.05, 3.63) is 16.3 Å². The number of rotatable bonds is 5. The zero-order chi connectivity index (χ0) is 13.9. The van der Waals surface area contributed by atoms with Crippen molar-refractivity contribution >= 4 is 17.5 Å². The standard InChI is InChI=1S/C11H18N6O2/c1-11(4-2-3-5-11)7-14-9-8(17(18)19)6-13-10(15-9)16-12/h6H,2-5,7,12H2,1H3,(H2,13,14,15,16). The molecular formula is C11H18N6O2. The van der Waals surface area contributed by atoms with E-state index in [1.165, 1.54) is 12.8 Å². The van der Waals surface area contributed by atoms with Crippen molar-refractivity contribution in [3.8, 4) is 0 Å². The molecule has 1 saturated carbocycles. The highest BCUT2D eigenvalue weighted by molar-refractivity contribution is 5.56. The van der Waals surface area contributed by atoms with Crippen molar-refractivity contribution in [1.29, 1.82) is 0 Å². The number of hydrazine groups is 1. The van der Waals surface area contributed by atoms with Crippen LogP contribution in [-0.4, -0.2) is 21.4 Å². The number of aromatic nitrogens is 2. The molecular weight excluding hydrogens is 248 g/mol. The van der Waals surface area contributed by atoms with Gasteiger partial charge in [0.25, 0.3) is 0 Å². The van der Waals surface area contributed by atoms with E-state index >= 15 is 0 Å². The molecule has 1 fully saturated rings. The van der Waals surface area contributed by atoms with Gasteiger partial charge in [-0.2, -0.15) is 4.98 Å². The SMILES string of the molecule is CC1(CNc2nc(NN)ncc2[N+](=O)[O-])CCCC1. The third-order valence-corrected chi connectivity index (χ3v) is 3.59. The Bertz CT molecular complexity index is 472. The molecule has 1 heterocycles. The van der Waals surface area contributed by atoms with Crippen LogP contribution in [0.1, 0.15) is 32.6 Å². The van der Waals surface area contributed by atoms with Crippen molar-refractivity contribution in [1.82, 2.24) is 9.97 Å².